The number of nitrogens with zero attached hydrogens (tertiary/aromatic N) is 1. The number of pyridine rings is 1. The van der Waals surface area contributed by atoms with Crippen molar-refractivity contribution in [3.63, 3.8) is 0 Å². The molecule has 0 spiro atoms. The Hall–Kier alpha value is -1.06. The van der Waals surface area contributed by atoms with E-state index < -0.39 is 0 Å². The molecule has 0 bridgehead atoms. The zero-order chi connectivity index (χ0) is 11.5. The first-order valence-corrected chi connectivity index (χ1v) is 5.86. The molecule has 0 unspecified atom stereocenters. The summed E-state index contributed by atoms with van der Waals surface area (Å²) >= 11 is 11.6. The number of alkyl halides is 1. The minimum atomic E-state index is 0.0433. The molecule has 0 fully saturated rings. The van der Waals surface area contributed by atoms with Gasteiger partial charge in [0.05, 0.1) is 5.02 Å². The number of aromatic nitrogens is 2. The number of aromatic amines is 1. The van der Waals surface area contributed by atoms with Gasteiger partial charge >= 0.3 is 0 Å². The zero-order valence-electron chi connectivity index (χ0n) is 8.46. The Kier molecular flexibility index (Phi) is 3.46. The van der Waals surface area contributed by atoms with Crippen LogP contribution in [0.1, 0.15) is 23.2 Å². The van der Waals surface area contributed by atoms with Crippen LogP contribution in [0.5, 0.6) is 0 Å². The lowest BCUT2D eigenvalue weighted by Crippen LogP contribution is -1.98. The summed E-state index contributed by atoms with van der Waals surface area (Å²) in [5, 5.41) is 1.24. The lowest BCUT2D eigenvalue weighted by molar-refractivity contribution is 0.0983. The summed E-state index contributed by atoms with van der Waals surface area (Å²) in [5.41, 5.74) is 1.24. The minimum absolute atomic E-state index is 0.0433. The summed E-state index contributed by atoms with van der Waals surface area (Å²) < 4.78 is 0. The topological polar surface area (TPSA) is 45.8 Å². The Bertz CT molecular complexity index is 522. The Balaban J connectivity index is 2.41. The maximum absolute atomic E-state index is 11.9. The maximum atomic E-state index is 11.9. The Labute approximate surface area is 103 Å². The van der Waals surface area contributed by atoms with Gasteiger partial charge in [-0.25, -0.2) is 4.98 Å². The summed E-state index contributed by atoms with van der Waals surface area (Å²) in [6.07, 6.45) is 4.36. The number of fused-ring (bicyclic) bond motifs is 1. The molecule has 0 atom stereocenters. The van der Waals surface area contributed by atoms with E-state index in [1.807, 2.05) is 0 Å². The van der Waals surface area contributed by atoms with Crippen LogP contribution in [0.4, 0.5) is 0 Å². The lowest BCUT2D eigenvalue weighted by atomic mass is 10.1. The largest absolute Gasteiger partial charge is 0.345 e. The van der Waals surface area contributed by atoms with Crippen LogP contribution in [-0.4, -0.2) is 21.6 Å². The van der Waals surface area contributed by atoms with Gasteiger partial charge in [-0.1, -0.05) is 11.6 Å². The van der Waals surface area contributed by atoms with Crippen molar-refractivity contribution in [1.82, 2.24) is 9.97 Å². The Morgan fingerprint density at radius 1 is 1.50 bits per heavy atom. The highest BCUT2D eigenvalue weighted by atomic mass is 35.5. The molecule has 0 saturated heterocycles. The second-order valence-corrected chi connectivity index (χ2v) is 4.22. The average Bonchev–Trinajstić information content (AvgIpc) is 2.71. The molecule has 1 N–H and O–H groups in total. The van der Waals surface area contributed by atoms with Gasteiger partial charge in [0.15, 0.2) is 5.78 Å². The van der Waals surface area contributed by atoms with Gasteiger partial charge in [-0.3, -0.25) is 4.79 Å². The normalized spacial score (nSPS) is 10.9. The molecule has 0 saturated carbocycles. The third-order valence-electron chi connectivity index (χ3n) is 2.36. The van der Waals surface area contributed by atoms with E-state index in [0.717, 1.165) is 0 Å². The molecule has 0 aliphatic rings. The standard InChI is InChI=1S/C11H10Cl2N2O/c12-4-1-2-9(16)7-6-15-11-10(7)8(13)3-5-14-11/h3,5-6H,1-2,4H2,(H,14,15). The van der Waals surface area contributed by atoms with Crippen molar-refractivity contribution in [2.45, 2.75) is 12.8 Å². The van der Waals surface area contributed by atoms with Crippen molar-refractivity contribution in [1.29, 1.82) is 0 Å². The molecule has 3 nitrogen and oxygen atoms in total. The van der Waals surface area contributed by atoms with Crippen molar-refractivity contribution >= 4 is 40.0 Å². The number of rotatable bonds is 4. The fourth-order valence-electron chi connectivity index (χ4n) is 1.60. The minimum Gasteiger partial charge on any atom is -0.345 e. The van der Waals surface area contributed by atoms with Crippen molar-refractivity contribution < 1.29 is 4.79 Å². The second-order valence-electron chi connectivity index (χ2n) is 3.43. The molecule has 2 aromatic rings. The highest BCUT2D eigenvalue weighted by molar-refractivity contribution is 6.36. The summed E-state index contributed by atoms with van der Waals surface area (Å²) in [7, 11) is 0. The predicted octanol–water partition coefficient (Wildman–Crippen LogP) is 3.42. The third-order valence-corrected chi connectivity index (χ3v) is 2.94. The number of nitrogens with one attached hydrogen (secondary N) is 1. The van der Waals surface area contributed by atoms with Crippen molar-refractivity contribution in [2.24, 2.45) is 0 Å². The number of hydrogen-bond acceptors (Lipinski definition) is 2. The van der Waals surface area contributed by atoms with Crippen LogP contribution >= 0.6 is 23.2 Å². The fourth-order valence-corrected chi connectivity index (χ4v) is 1.98. The zero-order valence-corrected chi connectivity index (χ0v) is 9.98. The SMILES string of the molecule is O=C(CCCCl)c1c[nH]c2nccc(Cl)c12. The van der Waals surface area contributed by atoms with E-state index in [2.05, 4.69) is 9.97 Å². The molecule has 0 radical (unpaired) electrons. The van der Waals surface area contributed by atoms with E-state index in [9.17, 15) is 4.79 Å². The van der Waals surface area contributed by atoms with E-state index in [0.29, 0.717) is 40.3 Å². The molecule has 2 rings (SSSR count). The molecule has 16 heavy (non-hydrogen) atoms. The van der Waals surface area contributed by atoms with E-state index in [-0.39, 0.29) is 5.78 Å². The molecule has 84 valence electrons. The van der Waals surface area contributed by atoms with Gasteiger partial charge in [0.2, 0.25) is 0 Å². The van der Waals surface area contributed by atoms with E-state index in [1.54, 1.807) is 18.5 Å². The molecule has 0 amide bonds. The van der Waals surface area contributed by atoms with Gasteiger partial charge in [-0.2, -0.15) is 0 Å². The van der Waals surface area contributed by atoms with Crippen molar-refractivity contribution in [2.75, 3.05) is 5.88 Å². The van der Waals surface area contributed by atoms with Crippen LogP contribution in [0, 0.1) is 0 Å². The van der Waals surface area contributed by atoms with Gasteiger partial charge in [-0.15, -0.1) is 11.6 Å². The molecule has 2 heterocycles. The maximum Gasteiger partial charge on any atom is 0.165 e. The molecule has 0 aliphatic heterocycles. The Morgan fingerprint density at radius 3 is 3.06 bits per heavy atom. The first kappa shape index (κ1) is 11.4. The van der Waals surface area contributed by atoms with Gasteiger partial charge < -0.3 is 4.98 Å². The summed E-state index contributed by atoms with van der Waals surface area (Å²) in [5.74, 6) is 0.530. The Morgan fingerprint density at radius 2 is 2.31 bits per heavy atom. The second kappa shape index (κ2) is 4.85. The molecular formula is C11H10Cl2N2O. The van der Waals surface area contributed by atoms with Crippen LogP contribution in [0.2, 0.25) is 5.02 Å². The van der Waals surface area contributed by atoms with Gasteiger partial charge in [0, 0.05) is 35.6 Å². The number of Topliss-reactive ketones (excluding diaryl/α,β-unsaturated/α-hetero) is 1. The molecule has 5 heteroatoms. The predicted molar refractivity (Wildman–Crippen MR) is 65.4 cm³/mol. The van der Waals surface area contributed by atoms with Crippen molar-refractivity contribution in [3.05, 3.63) is 29.0 Å². The van der Waals surface area contributed by atoms with Crippen LogP contribution in [-0.2, 0) is 0 Å². The van der Waals surface area contributed by atoms with E-state index in [4.69, 9.17) is 23.2 Å². The van der Waals surface area contributed by atoms with Crippen LogP contribution in [0.3, 0.4) is 0 Å². The molecule has 2 aromatic heterocycles. The summed E-state index contributed by atoms with van der Waals surface area (Å²) in [4.78, 5) is 18.9. The molecule has 0 aromatic carbocycles. The molecular weight excluding hydrogens is 247 g/mol. The first-order valence-electron chi connectivity index (χ1n) is 4.95. The summed E-state index contributed by atoms with van der Waals surface area (Å²) in [6, 6.07) is 1.68. The number of carbonyl (C=O) groups is 1. The number of halogens is 2. The number of hydrogen-bond donors (Lipinski definition) is 1. The first-order chi connectivity index (χ1) is 7.74. The van der Waals surface area contributed by atoms with E-state index in [1.165, 1.54) is 0 Å². The van der Waals surface area contributed by atoms with Crippen LogP contribution in [0.15, 0.2) is 18.5 Å². The highest BCUT2D eigenvalue weighted by Crippen LogP contribution is 2.26. The van der Waals surface area contributed by atoms with Crippen LogP contribution in [0.25, 0.3) is 11.0 Å². The average molecular weight is 257 g/mol. The smallest absolute Gasteiger partial charge is 0.165 e. The summed E-state index contributed by atoms with van der Waals surface area (Å²) in [6.45, 7) is 0. The van der Waals surface area contributed by atoms with Gasteiger partial charge in [0.1, 0.15) is 5.65 Å². The van der Waals surface area contributed by atoms with Gasteiger partial charge in [-0.05, 0) is 12.5 Å². The highest BCUT2D eigenvalue weighted by Gasteiger charge is 2.14. The third kappa shape index (κ3) is 2.06. The number of carbonyl (C=O) groups excluding carboxylic acids is 1. The van der Waals surface area contributed by atoms with E-state index >= 15 is 0 Å². The number of ketones is 1. The van der Waals surface area contributed by atoms with Crippen molar-refractivity contribution in [3.8, 4) is 0 Å². The van der Waals surface area contributed by atoms with Gasteiger partial charge in [0.25, 0.3) is 0 Å². The fraction of sp³-hybridized carbons (Fsp3) is 0.273. The number of H-pyrrole nitrogens is 1. The molecule has 0 aliphatic carbocycles. The quantitative estimate of drug-likeness (QED) is 0.673. The monoisotopic (exact) mass is 256 g/mol. The lowest BCUT2D eigenvalue weighted by Gasteiger charge is -1.98. The van der Waals surface area contributed by atoms with Crippen LogP contribution < -0.4 is 0 Å².